The Kier molecular flexibility index (Phi) is 4.60. The molecule has 0 saturated carbocycles. The predicted molar refractivity (Wildman–Crippen MR) is 82.4 cm³/mol. The molecule has 130 valence electrons. The highest BCUT2D eigenvalue weighted by atomic mass is 19.1. The molecule has 0 unspecified atom stereocenters. The first-order chi connectivity index (χ1) is 12.0. The lowest BCUT2D eigenvalue weighted by Crippen LogP contribution is -2.46. The van der Waals surface area contributed by atoms with Gasteiger partial charge >= 0.3 is 17.4 Å². The minimum atomic E-state index is -0.718. The number of hydrogen-bond acceptors (Lipinski definition) is 6. The first-order valence-electron chi connectivity index (χ1n) is 7.49. The monoisotopic (exact) mass is 347 g/mol. The number of benzene rings is 1. The molecule has 1 amide bonds. The van der Waals surface area contributed by atoms with E-state index in [9.17, 15) is 24.9 Å². The molecule has 0 spiro atoms. The lowest BCUT2D eigenvalue weighted by atomic mass is 10.2. The topological polar surface area (TPSA) is 119 Å². The summed E-state index contributed by atoms with van der Waals surface area (Å²) in [7, 11) is 0. The van der Waals surface area contributed by atoms with Gasteiger partial charge < -0.3 is 15.2 Å². The second kappa shape index (κ2) is 6.84. The Balaban J connectivity index is 1.95. The van der Waals surface area contributed by atoms with Crippen LogP contribution in [0.3, 0.4) is 0 Å². The molecule has 10 heteroatoms. The van der Waals surface area contributed by atoms with Gasteiger partial charge in [0, 0.05) is 13.1 Å². The van der Waals surface area contributed by atoms with Crippen molar-refractivity contribution in [2.24, 2.45) is 0 Å². The van der Waals surface area contributed by atoms with Crippen LogP contribution in [0, 0.1) is 27.6 Å². The zero-order chi connectivity index (χ0) is 18.0. The number of nitrogens with one attached hydrogen (secondary N) is 1. The number of morpholine rings is 1. The van der Waals surface area contributed by atoms with Crippen LogP contribution in [0.25, 0.3) is 11.0 Å². The van der Waals surface area contributed by atoms with Crippen molar-refractivity contribution in [3.63, 3.8) is 0 Å². The normalized spacial score (nSPS) is 15.0. The molecular weight excluding hydrogens is 333 g/mol. The van der Waals surface area contributed by atoms with E-state index in [4.69, 9.17) is 4.74 Å². The fraction of sp³-hybridized carbons (Fsp3) is 0.333. The van der Waals surface area contributed by atoms with Gasteiger partial charge in [-0.05, 0) is 12.1 Å². The lowest BCUT2D eigenvalue weighted by molar-refractivity contribution is -0.620. The molecule has 0 bridgehead atoms. The number of nitriles is 1. The Morgan fingerprint density at radius 1 is 1.32 bits per heavy atom. The Labute approximate surface area is 141 Å². The molecule has 1 fully saturated rings. The molecule has 0 aliphatic carbocycles. The van der Waals surface area contributed by atoms with Crippen molar-refractivity contribution in [1.29, 1.82) is 5.26 Å². The minimum Gasteiger partial charge on any atom is -0.710 e. The molecule has 1 aliphatic rings. The summed E-state index contributed by atoms with van der Waals surface area (Å²) in [4.78, 5) is 14.0. The zero-order valence-electron chi connectivity index (χ0n) is 13.1. The van der Waals surface area contributed by atoms with Crippen LogP contribution in [-0.2, 0) is 9.53 Å². The highest BCUT2D eigenvalue weighted by Gasteiger charge is 2.30. The molecule has 25 heavy (non-hydrogen) atoms. The van der Waals surface area contributed by atoms with E-state index in [1.165, 1.54) is 0 Å². The second-order valence-electron chi connectivity index (χ2n) is 5.47. The van der Waals surface area contributed by atoms with Crippen molar-refractivity contribution in [3.05, 3.63) is 40.1 Å². The second-order valence-corrected chi connectivity index (χ2v) is 5.47. The number of anilines is 1. The molecule has 0 radical (unpaired) electrons. The number of ether oxygens (including phenoxy) is 1. The maximum Gasteiger partial charge on any atom is 0.386 e. The van der Waals surface area contributed by atoms with Gasteiger partial charge in [0.25, 0.3) is 5.52 Å². The number of hydrogen-bond donors (Lipinski definition) is 1. The Hall–Kier alpha value is -3.03. The first kappa shape index (κ1) is 16.8. The van der Waals surface area contributed by atoms with Gasteiger partial charge in [-0.25, -0.2) is 19.2 Å². The summed E-state index contributed by atoms with van der Waals surface area (Å²) in [6.07, 6.45) is 0. The summed E-state index contributed by atoms with van der Waals surface area (Å²) in [5, 5.41) is 36.2. The van der Waals surface area contributed by atoms with Crippen molar-refractivity contribution in [3.8, 4) is 6.07 Å². The molecule has 1 N–H and O–H groups in total. The van der Waals surface area contributed by atoms with E-state index in [2.05, 4.69) is 5.32 Å². The van der Waals surface area contributed by atoms with Gasteiger partial charge in [0.05, 0.1) is 19.3 Å². The number of halogens is 1. The highest BCUT2D eigenvalue weighted by molar-refractivity contribution is 5.91. The molecule has 1 aromatic heterocycles. The maximum absolute atomic E-state index is 13.3. The molecular formula is C15H14FN5O4. The molecule has 2 heterocycles. The fourth-order valence-corrected chi connectivity index (χ4v) is 2.61. The molecule has 2 aromatic rings. The van der Waals surface area contributed by atoms with Crippen LogP contribution < -0.4 is 14.8 Å². The van der Waals surface area contributed by atoms with Crippen LogP contribution in [0.2, 0.25) is 0 Å². The van der Waals surface area contributed by atoms with Crippen molar-refractivity contribution in [2.75, 3.05) is 38.2 Å². The number of fused-ring (bicyclic) bond motifs is 1. The van der Waals surface area contributed by atoms with Gasteiger partial charge in [-0.3, -0.25) is 4.90 Å². The van der Waals surface area contributed by atoms with Gasteiger partial charge in [-0.2, -0.15) is 5.26 Å². The van der Waals surface area contributed by atoms with Gasteiger partial charge in [0.2, 0.25) is 5.52 Å². The lowest BCUT2D eigenvalue weighted by Gasteiger charge is -2.24. The van der Waals surface area contributed by atoms with E-state index in [0.29, 0.717) is 26.3 Å². The number of aromatic nitrogens is 2. The zero-order valence-corrected chi connectivity index (χ0v) is 13.1. The van der Waals surface area contributed by atoms with Gasteiger partial charge in [0.15, 0.2) is 6.07 Å². The van der Waals surface area contributed by atoms with Crippen LogP contribution in [0.1, 0.15) is 5.69 Å². The molecule has 1 saturated heterocycles. The van der Waals surface area contributed by atoms with Crippen molar-refractivity contribution in [1.82, 2.24) is 4.90 Å². The van der Waals surface area contributed by atoms with E-state index >= 15 is 0 Å². The first-order valence-corrected chi connectivity index (χ1v) is 7.49. The van der Waals surface area contributed by atoms with Crippen LogP contribution in [0.15, 0.2) is 18.2 Å². The average molecular weight is 347 g/mol. The van der Waals surface area contributed by atoms with E-state index in [0.717, 1.165) is 18.2 Å². The summed E-state index contributed by atoms with van der Waals surface area (Å²) in [5.41, 5.74) is -1.06. The van der Waals surface area contributed by atoms with Gasteiger partial charge in [-0.1, -0.05) is 0 Å². The standard InChI is InChI=1S/C15H14FN5O4/c16-10-1-2-11-12(7-10)20(23)13(8-17)15(21(11)24)18-14(22)9-19-3-5-25-6-4-19/h1-2,7H,3-6,9H2,(H,18,22). The van der Waals surface area contributed by atoms with Crippen LogP contribution in [-0.4, -0.2) is 43.7 Å². The Morgan fingerprint density at radius 3 is 2.72 bits per heavy atom. The van der Waals surface area contributed by atoms with Crippen molar-refractivity contribution >= 4 is 22.8 Å². The third-order valence-corrected chi connectivity index (χ3v) is 3.84. The average Bonchev–Trinajstić information content (AvgIpc) is 2.60. The summed E-state index contributed by atoms with van der Waals surface area (Å²) in [6, 6.07) is 4.57. The van der Waals surface area contributed by atoms with Crippen molar-refractivity contribution < 1.29 is 23.4 Å². The van der Waals surface area contributed by atoms with E-state index < -0.39 is 23.2 Å². The van der Waals surface area contributed by atoms with Gasteiger partial charge in [-0.15, -0.1) is 4.73 Å². The number of carbonyl (C=O) groups excluding carboxylic acids is 1. The third-order valence-electron chi connectivity index (χ3n) is 3.84. The maximum atomic E-state index is 13.3. The highest BCUT2D eigenvalue weighted by Crippen LogP contribution is 2.14. The largest absolute Gasteiger partial charge is 0.710 e. The van der Waals surface area contributed by atoms with E-state index in [1.54, 1.807) is 6.07 Å². The Bertz CT molecular complexity index is 877. The quantitative estimate of drug-likeness (QED) is 0.584. The summed E-state index contributed by atoms with van der Waals surface area (Å²) >= 11 is 0. The van der Waals surface area contributed by atoms with E-state index in [1.807, 2.05) is 4.90 Å². The van der Waals surface area contributed by atoms with Crippen LogP contribution in [0.5, 0.6) is 0 Å². The molecule has 9 nitrogen and oxygen atoms in total. The molecule has 1 aliphatic heterocycles. The Morgan fingerprint density at radius 2 is 2.04 bits per heavy atom. The molecule has 1 aromatic carbocycles. The number of rotatable bonds is 3. The smallest absolute Gasteiger partial charge is 0.386 e. The van der Waals surface area contributed by atoms with Crippen LogP contribution in [0.4, 0.5) is 10.2 Å². The molecule has 0 atom stereocenters. The number of amides is 1. The van der Waals surface area contributed by atoms with E-state index in [-0.39, 0.29) is 27.0 Å². The number of nitrogens with zero attached hydrogens (tertiary/aromatic N) is 4. The minimum absolute atomic E-state index is 0.00542. The van der Waals surface area contributed by atoms with Crippen LogP contribution >= 0.6 is 0 Å². The fourth-order valence-electron chi connectivity index (χ4n) is 2.61. The summed E-state index contributed by atoms with van der Waals surface area (Å²) in [6.45, 7) is 2.12. The molecule has 3 rings (SSSR count). The summed E-state index contributed by atoms with van der Waals surface area (Å²) in [5.74, 6) is -1.73. The SMILES string of the molecule is N#Cc1c(NC(=O)CN2CCOCC2)[n+]([O-])c2ccc(F)cc2[n+]1[O-]. The third kappa shape index (κ3) is 3.28. The summed E-state index contributed by atoms with van der Waals surface area (Å²) < 4.78 is 18.9. The number of carbonyl (C=O) groups is 1. The predicted octanol–water partition coefficient (Wildman–Crippen LogP) is -0.612. The van der Waals surface area contributed by atoms with Gasteiger partial charge in [0.1, 0.15) is 12.4 Å². The van der Waals surface area contributed by atoms with Crippen molar-refractivity contribution in [2.45, 2.75) is 0 Å².